The number of hydrogen-bond donors (Lipinski definition) is 2. The molecule has 1 saturated heterocycles. The van der Waals surface area contributed by atoms with Crippen LogP contribution in [0.1, 0.15) is 6.42 Å². The van der Waals surface area contributed by atoms with E-state index in [1.54, 1.807) is 24.3 Å². The molecule has 0 bridgehead atoms. The highest BCUT2D eigenvalue weighted by atomic mass is 32.2. The molecule has 0 spiro atoms. The fourth-order valence-corrected chi connectivity index (χ4v) is 2.72. The summed E-state index contributed by atoms with van der Waals surface area (Å²) < 4.78 is 4.52. The lowest BCUT2D eigenvalue weighted by Gasteiger charge is -2.03. The third kappa shape index (κ3) is 4.35. The molecule has 1 atom stereocenters. The van der Waals surface area contributed by atoms with Gasteiger partial charge in [0, 0.05) is 11.8 Å². The van der Waals surface area contributed by atoms with Crippen LogP contribution in [0.3, 0.4) is 0 Å². The minimum atomic E-state index is -0.562. The molecule has 2 N–H and O–H groups in total. The predicted octanol–water partition coefficient (Wildman–Crippen LogP) is 1.26. The van der Waals surface area contributed by atoms with Crippen LogP contribution in [0.2, 0.25) is 0 Å². The monoisotopic (exact) mass is 306 g/mol. The maximum atomic E-state index is 11.8. The molecule has 1 aliphatic rings. The molecule has 1 aliphatic heterocycles. The number of amides is 2. The second kappa shape index (κ2) is 6.94. The molecule has 1 unspecified atom stereocenters. The number of carbonyl (C=O) groups is 3. The molecule has 0 radical (unpaired) electrons. The zero-order chi connectivity index (χ0) is 15.2. The topological polar surface area (TPSA) is 84.5 Å². The SMILES string of the molecule is COC(=O)CC1S/C(=C/C(=O)Nc2ccccc2)NC1=O. The molecule has 0 aliphatic carbocycles. The average molecular weight is 306 g/mol. The van der Waals surface area contributed by atoms with Gasteiger partial charge < -0.3 is 15.4 Å². The van der Waals surface area contributed by atoms with Crippen molar-refractivity contribution in [1.82, 2.24) is 5.32 Å². The Kier molecular flexibility index (Phi) is 4.99. The summed E-state index contributed by atoms with van der Waals surface area (Å²) in [5.74, 6) is -1.11. The first-order chi connectivity index (χ1) is 10.1. The van der Waals surface area contributed by atoms with Crippen LogP contribution >= 0.6 is 11.8 Å². The summed E-state index contributed by atoms with van der Waals surface area (Å²) in [5.41, 5.74) is 0.666. The maximum Gasteiger partial charge on any atom is 0.307 e. The Hall–Kier alpha value is -2.28. The molecule has 110 valence electrons. The van der Waals surface area contributed by atoms with E-state index in [-0.39, 0.29) is 18.2 Å². The molecule has 2 rings (SSSR count). The van der Waals surface area contributed by atoms with E-state index in [1.807, 2.05) is 6.07 Å². The lowest BCUT2D eigenvalue weighted by Crippen LogP contribution is -2.24. The van der Waals surface area contributed by atoms with Gasteiger partial charge in [0.05, 0.1) is 18.6 Å². The molecule has 1 aromatic carbocycles. The highest BCUT2D eigenvalue weighted by molar-refractivity contribution is 8.04. The van der Waals surface area contributed by atoms with Crippen molar-refractivity contribution in [3.63, 3.8) is 0 Å². The summed E-state index contributed by atoms with van der Waals surface area (Å²) >= 11 is 1.14. The predicted molar refractivity (Wildman–Crippen MR) is 79.3 cm³/mol. The molecule has 2 amide bonds. The molecule has 21 heavy (non-hydrogen) atoms. The molecule has 0 aromatic heterocycles. The number of carbonyl (C=O) groups excluding carboxylic acids is 3. The van der Waals surface area contributed by atoms with Crippen LogP contribution in [0.5, 0.6) is 0 Å². The van der Waals surface area contributed by atoms with Gasteiger partial charge in [-0.15, -0.1) is 0 Å². The Balaban J connectivity index is 1.94. The zero-order valence-electron chi connectivity index (χ0n) is 11.3. The molecule has 1 fully saturated rings. The number of esters is 1. The van der Waals surface area contributed by atoms with Gasteiger partial charge in [0.1, 0.15) is 5.25 Å². The van der Waals surface area contributed by atoms with Gasteiger partial charge >= 0.3 is 5.97 Å². The molecular formula is C14H14N2O4S. The van der Waals surface area contributed by atoms with Crippen molar-refractivity contribution in [2.45, 2.75) is 11.7 Å². The zero-order valence-corrected chi connectivity index (χ0v) is 12.1. The summed E-state index contributed by atoms with van der Waals surface area (Å²) in [7, 11) is 1.27. The number of benzene rings is 1. The first kappa shape index (κ1) is 15.1. The third-order valence-electron chi connectivity index (χ3n) is 2.69. The summed E-state index contributed by atoms with van der Waals surface area (Å²) in [4.78, 5) is 34.6. The van der Waals surface area contributed by atoms with Gasteiger partial charge in [-0.2, -0.15) is 0 Å². The van der Waals surface area contributed by atoms with E-state index in [0.717, 1.165) is 11.8 Å². The van der Waals surface area contributed by atoms with Crippen LogP contribution in [0.15, 0.2) is 41.4 Å². The van der Waals surface area contributed by atoms with Crippen molar-refractivity contribution in [1.29, 1.82) is 0 Å². The van der Waals surface area contributed by atoms with Crippen molar-refractivity contribution in [2.75, 3.05) is 12.4 Å². The third-order valence-corrected chi connectivity index (χ3v) is 3.83. The Labute approximate surface area is 125 Å². The van der Waals surface area contributed by atoms with Gasteiger partial charge in [-0.25, -0.2) is 0 Å². The van der Waals surface area contributed by atoms with Gasteiger partial charge in [-0.05, 0) is 12.1 Å². The second-order valence-corrected chi connectivity index (χ2v) is 5.48. The lowest BCUT2D eigenvalue weighted by atomic mass is 10.3. The first-order valence-corrected chi connectivity index (χ1v) is 7.08. The van der Waals surface area contributed by atoms with Crippen LogP contribution < -0.4 is 10.6 Å². The summed E-state index contributed by atoms with van der Waals surface area (Å²) in [6.45, 7) is 0. The van der Waals surface area contributed by atoms with E-state index >= 15 is 0 Å². The Bertz CT molecular complexity index is 586. The van der Waals surface area contributed by atoms with Crippen LogP contribution in [-0.2, 0) is 19.1 Å². The average Bonchev–Trinajstić information content (AvgIpc) is 2.79. The quantitative estimate of drug-likeness (QED) is 0.646. The van der Waals surface area contributed by atoms with E-state index < -0.39 is 11.2 Å². The minimum absolute atomic E-state index is 0.0232. The van der Waals surface area contributed by atoms with E-state index in [4.69, 9.17) is 0 Å². The molecule has 7 heteroatoms. The van der Waals surface area contributed by atoms with Gasteiger partial charge in [0.2, 0.25) is 5.91 Å². The number of rotatable bonds is 4. The van der Waals surface area contributed by atoms with E-state index in [2.05, 4.69) is 15.4 Å². The van der Waals surface area contributed by atoms with Crippen molar-refractivity contribution in [3.8, 4) is 0 Å². The summed E-state index contributed by atoms with van der Waals surface area (Å²) in [6.07, 6.45) is 1.28. The molecule has 1 aromatic rings. The smallest absolute Gasteiger partial charge is 0.307 e. The summed E-state index contributed by atoms with van der Waals surface area (Å²) in [5, 5.41) is 5.10. The Morgan fingerprint density at radius 1 is 1.38 bits per heavy atom. The Morgan fingerprint density at radius 3 is 2.76 bits per heavy atom. The number of methoxy groups -OCH3 is 1. The standard InChI is InChI=1S/C14H14N2O4S/c1-20-13(18)7-10-14(19)16-12(21-10)8-11(17)15-9-5-3-2-4-6-9/h2-6,8,10H,7H2,1H3,(H,15,17)(H,16,19)/b12-8+. The fraction of sp³-hybridized carbons (Fsp3) is 0.214. The molecule has 6 nitrogen and oxygen atoms in total. The van der Waals surface area contributed by atoms with Crippen LogP contribution in [0.25, 0.3) is 0 Å². The van der Waals surface area contributed by atoms with Crippen molar-refractivity contribution < 1.29 is 19.1 Å². The van der Waals surface area contributed by atoms with Gasteiger partial charge in [0.15, 0.2) is 0 Å². The van der Waals surface area contributed by atoms with E-state index in [9.17, 15) is 14.4 Å². The number of thioether (sulfide) groups is 1. The number of anilines is 1. The van der Waals surface area contributed by atoms with Gasteiger partial charge in [-0.1, -0.05) is 30.0 Å². The van der Waals surface area contributed by atoms with E-state index in [0.29, 0.717) is 10.7 Å². The van der Waals surface area contributed by atoms with Gasteiger partial charge in [0.25, 0.3) is 5.91 Å². The van der Waals surface area contributed by atoms with Gasteiger partial charge in [-0.3, -0.25) is 14.4 Å². The largest absolute Gasteiger partial charge is 0.469 e. The highest BCUT2D eigenvalue weighted by Gasteiger charge is 2.31. The van der Waals surface area contributed by atoms with Crippen LogP contribution in [-0.4, -0.2) is 30.1 Å². The van der Waals surface area contributed by atoms with Crippen molar-refractivity contribution in [3.05, 3.63) is 41.4 Å². The molecular weight excluding hydrogens is 292 g/mol. The van der Waals surface area contributed by atoms with E-state index in [1.165, 1.54) is 13.2 Å². The van der Waals surface area contributed by atoms with Crippen LogP contribution in [0.4, 0.5) is 5.69 Å². The number of nitrogens with one attached hydrogen (secondary N) is 2. The van der Waals surface area contributed by atoms with Crippen molar-refractivity contribution >= 4 is 35.2 Å². The fourth-order valence-electron chi connectivity index (χ4n) is 1.70. The van der Waals surface area contributed by atoms with Crippen molar-refractivity contribution in [2.24, 2.45) is 0 Å². The summed E-state index contributed by atoms with van der Waals surface area (Å²) in [6, 6.07) is 8.98. The second-order valence-electron chi connectivity index (χ2n) is 4.24. The van der Waals surface area contributed by atoms with Crippen LogP contribution in [0, 0.1) is 0 Å². The molecule has 1 heterocycles. The molecule has 0 saturated carbocycles. The lowest BCUT2D eigenvalue weighted by molar-refractivity contribution is -0.141. The number of para-hydroxylation sites is 1. The normalized spacial score (nSPS) is 19.2. The Morgan fingerprint density at radius 2 is 2.10 bits per heavy atom. The maximum absolute atomic E-state index is 11.8. The first-order valence-electron chi connectivity index (χ1n) is 6.20. The number of hydrogen-bond acceptors (Lipinski definition) is 5. The minimum Gasteiger partial charge on any atom is -0.469 e. The highest BCUT2D eigenvalue weighted by Crippen LogP contribution is 2.29. The number of ether oxygens (including phenoxy) is 1.